The van der Waals surface area contributed by atoms with Gasteiger partial charge in [0.2, 0.25) is 0 Å². The van der Waals surface area contributed by atoms with E-state index in [0.717, 1.165) is 64.2 Å². The fraction of sp³-hybridized carbons (Fsp3) is 0.800. The number of likely N-dealkylation sites (tertiary alicyclic amines) is 2. The van der Waals surface area contributed by atoms with E-state index in [2.05, 4.69) is 28.3 Å². The lowest BCUT2D eigenvalue weighted by atomic mass is 9.88. The zero-order valence-corrected chi connectivity index (χ0v) is 16.2. The van der Waals surface area contributed by atoms with Gasteiger partial charge in [0, 0.05) is 45.1 Å². The Labute approximate surface area is 156 Å². The lowest BCUT2D eigenvalue weighted by molar-refractivity contribution is -0.182. The first kappa shape index (κ1) is 18.0. The van der Waals surface area contributed by atoms with Crippen LogP contribution in [0.15, 0.2) is 12.4 Å². The van der Waals surface area contributed by atoms with Crippen molar-refractivity contribution < 1.29 is 9.53 Å². The van der Waals surface area contributed by atoms with Crippen molar-refractivity contribution in [2.45, 2.75) is 64.2 Å². The SMILES string of the molecule is CC(C)CN1CCC2(CC1)OC(C(=O)N1CCCCC1)Cn1ccnc12. The summed E-state index contributed by atoms with van der Waals surface area (Å²) in [6, 6.07) is 0. The van der Waals surface area contributed by atoms with E-state index in [1.54, 1.807) is 0 Å². The second-order valence-corrected chi connectivity index (χ2v) is 8.58. The van der Waals surface area contributed by atoms with Crippen molar-refractivity contribution >= 4 is 5.91 Å². The fourth-order valence-electron chi connectivity index (χ4n) is 4.80. The molecule has 0 aromatic carbocycles. The maximum Gasteiger partial charge on any atom is 0.253 e. The third-order valence-corrected chi connectivity index (χ3v) is 6.08. The minimum atomic E-state index is -0.397. The van der Waals surface area contributed by atoms with Gasteiger partial charge in [0.05, 0.1) is 6.54 Å². The van der Waals surface area contributed by atoms with Crippen LogP contribution < -0.4 is 0 Å². The van der Waals surface area contributed by atoms with E-state index < -0.39 is 5.60 Å². The average Bonchev–Trinajstić information content (AvgIpc) is 3.13. The Balaban J connectivity index is 1.51. The molecule has 26 heavy (non-hydrogen) atoms. The van der Waals surface area contributed by atoms with E-state index in [-0.39, 0.29) is 12.0 Å². The molecule has 6 nitrogen and oxygen atoms in total. The summed E-state index contributed by atoms with van der Waals surface area (Å²) in [5, 5.41) is 0. The number of fused-ring (bicyclic) bond motifs is 2. The summed E-state index contributed by atoms with van der Waals surface area (Å²) in [7, 11) is 0. The summed E-state index contributed by atoms with van der Waals surface area (Å²) in [5.74, 6) is 1.86. The van der Waals surface area contributed by atoms with Crippen molar-refractivity contribution in [1.82, 2.24) is 19.4 Å². The fourth-order valence-corrected chi connectivity index (χ4v) is 4.80. The van der Waals surface area contributed by atoms with E-state index in [1.165, 1.54) is 6.42 Å². The molecular weight excluding hydrogens is 328 g/mol. The van der Waals surface area contributed by atoms with Crippen LogP contribution in [0.5, 0.6) is 0 Å². The Morgan fingerprint density at radius 3 is 2.65 bits per heavy atom. The Kier molecular flexibility index (Phi) is 5.06. The molecule has 3 aliphatic rings. The molecule has 3 aliphatic heterocycles. The average molecular weight is 361 g/mol. The van der Waals surface area contributed by atoms with Gasteiger partial charge in [-0.2, -0.15) is 0 Å². The number of carbonyl (C=O) groups excluding carboxylic acids is 1. The van der Waals surface area contributed by atoms with Gasteiger partial charge in [-0.25, -0.2) is 4.98 Å². The molecule has 1 amide bonds. The first-order valence-electron chi connectivity index (χ1n) is 10.3. The molecule has 6 heteroatoms. The number of hydrogen-bond donors (Lipinski definition) is 0. The zero-order chi connectivity index (χ0) is 18.1. The number of rotatable bonds is 3. The van der Waals surface area contributed by atoms with Gasteiger partial charge >= 0.3 is 0 Å². The highest BCUT2D eigenvalue weighted by atomic mass is 16.5. The highest BCUT2D eigenvalue weighted by molar-refractivity contribution is 5.81. The Morgan fingerprint density at radius 2 is 1.96 bits per heavy atom. The number of aromatic nitrogens is 2. The third-order valence-electron chi connectivity index (χ3n) is 6.08. The predicted octanol–water partition coefficient (Wildman–Crippen LogP) is 2.24. The second-order valence-electron chi connectivity index (χ2n) is 8.58. The van der Waals surface area contributed by atoms with Crippen LogP contribution in [0.3, 0.4) is 0 Å². The highest BCUT2D eigenvalue weighted by Gasteiger charge is 2.47. The van der Waals surface area contributed by atoms with Crippen LogP contribution in [-0.2, 0) is 21.7 Å². The molecule has 2 saturated heterocycles. The monoisotopic (exact) mass is 360 g/mol. The molecule has 144 valence electrons. The highest BCUT2D eigenvalue weighted by Crippen LogP contribution is 2.40. The van der Waals surface area contributed by atoms with E-state index in [4.69, 9.17) is 4.74 Å². The van der Waals surface area contributed by atoms with Crippen molar-refractivity contribution in [2.75, 3.05) is 32.7 Å². The number of carbonyl (C=O) groups is 1. The molecule has 2 fully saturated rings. The molecule has 0 N–H and O–H groups in total. The van der Waals surface area contributed by atoms with Gasteiger partial charge in [-0.15, -0.1) is 0 Å². The molecule has 0 saturated carbocycles. The van der Waals surface area contributed by atoms with Gasteiger partial charge in [-0.05, 0) is 38.0 Å². The van der Waals surface area contributed by atoms with Gasteiger partial charge < -0.3 is 19.1 Å². The number of piperidine rings is 2. The number of imidazole rings is 1. The minimum absolute atomic E-state index is 0.174. The maximum absolute atomic E-state index is 13.1. The van der Waals surface area contributed by atoms with Crippen molar-refractivity contribution in [3.63, 3.8) is 0 Å². The van der Waals surface area contributed by atoms with E-state index in [0.29, 0.717) is 12.5 Å². The quantitative estimate of drug-likeness (QED) is 0.830. The van der Waals surface area contributed by atoms with Crippen molar-refractivity contribution in [1.29, 1.82) is 0 Å². The van der Waals surface area contributed by atoms with Crippen LogP contribution in [0.25, 0.3) is 0 Å². The third kappa shape index (κ3) is 3.41. The molecule has 1 spiro atoms. The Bertz CT molecular complexity index is 628. The van der Waals surface area contributed by atoms with Gasteiger partial charge in [0.15, 0.2) is 6.10 Å². The van der Waals surface area contributed by atoms with Gasteiger partial charge in [-0.3, -0.25) is 4.79 Å². The van der Waals surface area contributed by atoms with Crippen LogP contribution in [0.1, 0.15) is 51.8 Å². The first-order chi connectivity index (χ1) is 12.6. The van der Waals surface area contributed by atoms with Crippen molar-refractivity contribution in [3.05, 3.63) is 18.2 Å². The number of nitrogens with zero attached hydrogens (tertiary/aromatic N) is 4. The second kappa shape index (κ2) is 7.31. The van der Waals surface area contributed by atoms with Crippen LogP contribution in [-0.4, -0.2) is 64.1 Å². The lowest BCUT2D eigenvalue weighted by Gasteiger charge is -2.46. The normalized spacial score (nSPS) is 26.3. The summed E-state index contributed by atoms with van der Waals surface area (Å²) < 4.78 is 8.73. The Morgan fingerprint density at radius 1 is 1.23 bits per heavy atom. The van der Waals surface area contributed by atoms with Gasteiger partial charge in [0.1, 0.15) is 11.4 Å². The summed E-state index contributed by atoms with van der Waals surface area (Å²) in [5.41, 5.74) is -0.397. The van der Waals surface area contributed by atoms with Crippen LogP contribution in [0.4, 0.5) is 0 Å². The molecule has 1 atom stereocenters. The summed E-state index contributed by atoms with van der Waals surface area (Å²) >= 11 is 0. The first-order valence-corrected chi connectivity index (χ1v) is 10.3. The largest absolute Gasteiger partial charge is 0.352 e. The molecular formula is C20H32N4O2. The van der Waals surface area contributed by atoms with E-state index in [1.807, 2.05) is 17.3 Å². The molecule has 1 unspecified atom stereocenters. The number of amides is 1. The summed E-state index contributed by atoms with van der Waals surface area (Å²) in [6.07, 6.45) is 8.79. The topological polar surface area (TPSA) is 50.6 Å². The summed E-state index contributed by atoms with van der Waals surface area (Å²) in [6.45, 7) is 10.0. The molecule has 4 rings (SSSR count). The lowest BCUT2D eigenvalue weighted by Crippen LogP contribution is -2.55. The van der Waals surface area contributed by atoms with Crippen LogP contribution in [0, 0.1) is 5.92 Å². The van der Waals surface area contributed by atoms with Crippen LogP contribution >= 0.6 is 0 Å². The number of hydrogen-bond acceptors (Lipinski definition) is 4. The van der Waals surface area contributed by atoms with E-state index >= 15 is 0 Å². The molecule has 1 aromatic rings. The minimum Gasteiger partial charge on any atom is -0.352 e. The smallest absolute Gasteiger partial charge is 0.253 e. The molecule has 4 heterocycles. The molecule has 0 aliphatic carbocycles. The standard InChI is InChI=1S/C20H32N4O2/c1-16(2)14-22-11-6-20(7-12-22)19-21-8-13-24(19)15-17(26-20)18(25)23-9-4-3-5-10-23/h8,13,16-17H,3-7,9-12,14-15H2,1-2H3. The van der Waals surface area contributed by atoms with Gasteiger partial charge in [0.25, 0.3) is 5.91 Å². The maximum atomic E-state index is 13.1. The molecule has 1 aromatic heterocycles. The van der Waals surface area contributed by atoms with Crippen LogP contribution in [0.2, 0.25) is 0 Å². The number of ether oxygens (including phenoxy) is 1. The zero-order valence-electron chi connectivity index (χ0n) is 16.2. The molecule has 0 radical (unpaired) electrons. The Hall–Kier alpha value is -1.40. The van der Waals surface area contributed by atoms with Crippen molar-refractivity contribution in [3.8, 4) is 0 Å². The van der Waals surface area contributed by atoms with Crippen molar-refractivity contribution in [2.24, 2.45) is 5.92 Å². The van der Waals surface area contributed by atoms with Gasteiger partial charge in [-0.1, -0.05) is 13.8 Å². The predicted molar refractivity (Wildman–Crippen MR) is 99.7 cm³/mol. The summed E-state index contributed by atoms with van der Waals surface area (Å²) in [4.78, 5) is 22.2. The van der Waals surface area contributed by atoms with E-state index in [9.17, 15) is 4.79 Å². The molecule has 0 bridgehead atoms.